The molecule has 0 saturated heterocycles. The Morgan fingerprint density at radius 2 is 2.12 bits per heavy atom. The molecule has 1 heterocycles. The molecule has 0 aliphatic heterocycles. The van der Waals surface area contributed by atoms with Gasteiger partial charge in [-0.3, -0.25) is 4.79 Å². The minimum absolute atomic E-state index is 0.148. The lowest BCUT2D eigenvalue weighted by molar-refractivity contribution is -0.144. The standard InChI is InChI=1S/C9H15N3O4S/c1-3-9(4-2,8(13)14)12-17(15,16)7-5-10-6-11-7/h5-6,12H,3-4H2,1-2H3,(H,10,11)(H,13,14). The smallest absolute Gasteiger partial charge is 0.324 e. The van der Waals surface area contributed by atoms with Gasteiger partial charge in [0.25, 0.3) is 10.0 Å². The van der Waals surface area contributed by atoms with E-state index in [9.17, 15) is 13.2 Å². The summed E-state index contributed by atoms with van der Waals surface area (Å²) in [6.07, 6.45) is 2.66. The molecule has 0 aliphatic carbocycles. The second kappa shape index (κ2) is 4.84. The van der Waals surface area contributed by atoms with Gasteiger partial charge < -0.3 is 10.1 Å². The highest BCUT2D eigenvalue weighted by atomic mass is 32.2. The molecular weight excluding hydrogens is 246 g/mol. The molecule has 3 N–H and O–H groups in total. The van der Waals surface area contributed by atoms with E-state index in [-0.39, 0.29) is 17.9 Å². The number of imidazole rings is 1. The van der Waals surface area contributed by atoms with E-state index in [1.54, 1.807) is 13.8 Å². The first-order valence-electron chi connectivity index (χ1n) is 5.13. The summed E-state index contributed by atoms with van der Waals surface area (Å²) < 4.78 is 26.0. The van der Waals surface area contributed by atoms with Crippen molar-refractivity contribution in [2.75, 3.05) is 0 Å². The average molecular weight is 261 g/mol. The highest BCUT2D eigenvalue weighted by molar-refractivity contribution is 7.89. The third-order valence-corrected chi connectivity index (χ3v) is 4.17. The van der Waals surface area contributed by atoms with Gasteiger partial charge in [0, 0.05) is 0 Å². The lowest BCUT2D eigenvalue weighted by Crippen LogP contribution is -2.53. The van der Waals surface area contributed by atoms with Crippen molar-refractivity contribution >= 4 is 16.0 Å². The first-order valence-corrected chi connectivity index (χ1v) is 6.62. The van der Waals surface area contributed by atoms with Crippen LogP contribution in [0.4, 0.5) is 0 Å². The fraction of sp³-hybridized carbons (Fsp3) is 0.556. The van der Waals surface area contributed by atoms with Gasteiger partial charge in [-0.15, -0.1) is 0 Å². The number of sulfonamides is 1. The SMILES string of the molecule is CCC(CC)(NS(=O)(=O)c1cnc[nH]1)C(=O)O. The van der Waals surface area contributed by atoms with E-state index in [0.29, 0.717) is 0 Å². The predicted octanol–water partition coefficient (Wildman–Crippen LogP) is 0.331. The van der Waals surface area contributed by atoms with Crippen LogP contribution in [0.3, 0.4) is 0 Å². The Bertz CT molecular complexity index is 476. The van der Waals surface area contributed by atoms with Gasteiger partial charge in [0.2, 0.25) is 0 Å². The maximum absolute atomic E-state index is 11.9. The Labute approximate surface area is 99.3 Å². The molecule has 17 heavy (non-hydrogen) atoms. The second-order valence-corrected chi connectivity index (χ2v) is 5.27. The number of hydrogen-bond donors (Lipinski definition) is 3. The molecule has 0 spiro atoms. The molecule has 1 rings (SSSR count). The van der Waals surface area contributed by atoms with Crippen LogP contribution in [0.25, 0.3) is 0 Å². The number of rotatable bonds is 6. The van der Waals surface area contributed by atoms with Crippen LogP contribution in [0.5, 0.6) is 0 Å². The third kappa shape index (κ3) is 2.64. The second-order valence-electron chi connectivity index (χ2n) is 3.62. The summed E-state index contributed by atoms with van der Waals surface area (Å²) >= 11 is 0. The number of nitrogens with zero attached hydrogens (tertiary/aromatic N) is 1. The van der Waals surface area contributed by atoms with Crippen LogP contribution >= 0.6 is 0 Å². The van der Waals surface area contributed by atoms with Crippen LogP contribution in [0.15, 0.2) is 17.6 Å². The van der Waals surface area contributed by atoms with Crippen molar-refractivity contribution in [3.05, 3.63) is 12.5 Å². The molecule has 0 amide bonds. The Balaban J connectivity index is 3.08. The zero-order valence-electron chi connectivity index (χ0n) is 9.60. The Morgan fingerprint density at radius 1 is 1.53 bits per heavy atom. The highest BCUT2D eigenvalue weighted by Crippen LogP contribution is 2.19. The van der Waals surface area contributed by atoms with Crippen molar-refractivity contribution in [2.45, 2.75) is 37.3 Å². The molecular formula is C9H15N3O4S. The quantitative estimate of drug-likeness (QED) is 0.683. The van der Waals surface area contributed by atoms with E-state index in [4.69, 9.17) is 5.11 Å². The topological polar surface area (TPSA) is 112 Å². The van der Waals surface area contributed by atoms with Gasteiger partial charge in [-0.1, -0.05) is 13.8 Å². The number of carboxylic acid groups (broad SMARTS) is 1. The number of aromatic nitrogens is 2. The minimum Gasteiger partial charge on any atom is -0.480 e. The van der Waals surface area contributed by atoms with Crippen LogP contribution in [0.1, 0.15) is 26.7 Å². The maximum Gasteiger partial charge on any atom is 0.324 e. The summed E-state index contributed by atoms with van der Waals surface area (Å²) in [5.74, 6) is -1.19. The summed E-state index contributed by atoms with van der Waals surface area (Å²) in [6, 6.07) is 0. The van der Waals surface area contributed by atoms with Crippen molar-refractivity contribution in [3.63, 3.8) is 0 Å². The van der Waals surface area contributed by atoms with Gasteiger partial charge in [0.05, 0.1) is 12.5 Å². The zero-order valence-corrected chi connectivity index (χ0v) is 10.4. The van der Waals surface area contributed by atoms with Crippen LogP contribution in [0.2, 0.25) is 0 Å². The van der Waals surface area contributed by atoms with E-state index in [2.05, 4.69) is 14.7 Å². The predicted molar refractivity (Wildman–Crippen MR) is 59.9 cm³/mol. The molecule has 0 radical (unpaired) electrons. The van der Waals surface area contributed by atoms with Crippen molar-refractivity contribution in [3.8, 4) is 0 Å². The summed E-state index contributed by atoms with van der Waals surface area (Å²) in [4.78, 5) is 17.2. The molecule has 0 unspecified atom stereocenters. The summed E-state index contributed by atoms with van der Waals surface area (Å²) in [6.45, 7) is 3.24. The van der Waals surface area contributed by atoms with E-state index in [1.165, 1.54) is 6.33 Å². The molecule has 1 aromatic rings. The fourth-order valence-corrected chi connectivity index (χ4v) is 2.85. The Hall–Kier alpha value is -1.41. The number of carboxylic acids is 1. The van der Waals surface area contributed by atoms with Crippen LogP contribution in [-0.4, -0.2) is 35.0 Å². The van der Waals surface area contributed by atoms with Crippen LogP contribution in [-0.2, 0) is 14.8 Å². The van der Waals surface area contributed by atoms with E-state index < -0.39 is 21.5 Å². The molecule has 0 atom stereocenters. The summed E-state index contributed by atoms with van der Waals surface area (Å²) in [5, 5.41) is 8.98. The monoisotopic (exact) mass is 261 g/mol. The van der Waals surface area contributed by atoms with E-state index >= 15 is 0 Å². The van der Waals surface area contributed by atoms with E-state index in [0.717, 1.165) is 6.20 Å². The van der Waals surface area contributed by atoms with E-state index in [1.807, 2.05) is 0 Å². The lowest BCUT2D eigenvalue weighted by atomic mass is 9.95. The molecule has 1 aromatic heterocycles. The maximum atomic E-state index is 11.9. The Morgan fingerprint density at radius 3 is 2.47 bits per heavy atom. The molecule has 0 aliphatic rings. The lowest BCUT2D eigenvalue weighted by Gasteiger charge is -2.27. The fourth-order valence-electron chi connectivity index (χ4n) is 1.44. The van der Waals surface area contributed by atoms with Crippen LogP contribution < -0.4 is 4.72 Å². The number of nitrogens with one attached hydrogen (secondary N) is 2. The first kappa shape index (κ1) is 13.7. The molecule has 96 valence electrons. The van der Waals surface area contributed by atoms with Crippen molar-refractivity contribution in [1.82, 2.24) is 14.7 Å². The largest absolute Gasteiger partial charge is 0.480 e. The number of aliphatic carboxylic acids is 1. The summed E-state index contributed by atoms with van der Waals surface area (Å²) in [5.41, 5.74) is -1.48. The molecule has 0 aromatic carbocycles. The van der Waals surface area contributed by atoms with Gasteiger partial charge in [0.1, 0.15) is 5.54 Å². The molecule has 0 fully saturated rings. The van der Waals surface area contributed by atoms with Gasteiger partial charge in [0.15, 0.2) is 5.03 Å². The molecule has 0 bridgehead atoms. The van der Waals surface area contributed by atoms with Crippen molar-refractivity contribution in [1.29, 1.82) is 0 Å². The summed E-state index contributed by atoms with van der Waals surface area (Å²) in [7, 11) is -3.89. The van der Waals surface area contributed by atoms with Gasteiger partial charge in [-0.25, -0.2) is 13.4 Å². The number of hydrogen-bond acceptors (Lipinski definition) is 4. The zero-order chi connectivity index (χ0) is 13.1. The number of H-pyrrole nitrogens is 1. The first-order chi connectivity index (χ1) is 7.88. The number of carbonyl (C=O) groups is 1. The number of aromatic amines is 1. The van der Waals surface area contributed by atoms with Gasteiger partial charge >= 0.3 is 5.97 Å². The van der Waals surface area contributed by atoms with Gasteiger partial charge in [-0.05, 0) is 12.8 Å². The van der Waals surface area contributed by atoms with Crippen LogP contribution in [0, 0.1) is 0 Å². The minimum atomic E-state index is -3.89. The third-order valence-electron chi connectivity index (χ3n) is 2.71. The highest BCUT2D eigenvalue weighted by Gasteiger charge is 2.39. The molecule has 8 heteroatoms. The van der Waals surface area contributed by atoms with Crippen molar-refractivity contribution < 1.29 is 18.3 Å². The normalized spacial score (nSPS) is 12.6. The Kier molecular flexibility index (Phi) is 3.89. The average Bonchev–Trinajstić information content (AvgIpc) is 2.79. The van der Waals surface area contributed by atoms with Crippen molar-refractivity contribution in [2.24, 2.45) is 0 Å². The molecule has 7 nitrogen and oxygen atoms in total. The molecule has 0 saturated carbocycles. The van der Waals surface area contributed by atoms with Gasteiger partial charge in [-0.2, -0.15) is 4.72 Å².